The van der Waals surface area contributed by atoms with Gasteiger partial charge in [-0.1, -0.05) is 30.0 Å². The lowest BCUT2D eigenvalue weighted by molar-refractivity contribution is -0.127. The SMILES string of the molecule is COCCNc1nc(SC)nc2c1cnn2CCNC(=O)C(C)Oc1ccccc1. The molecular weight excluding hydrogens is 404 g/mol. The first-order valence-corrected chi connectivity index (χ1v) is 10.8. The van der Waals surface area contributed by atoms with Gasteiger partial charge in [-0.15, -0.1) is 0 Å². The van der Waals surface area contributed by atoms with Crippen LogP contribution in [0.3, 0.4) is 0 Å². The molecule has 0 spiro atoms. The Kier molecular flexibility index (Phi) is 7.86. The summed E-state index contributed by atoms with van der Waals surface area (Å²) in [5, 5.41) is 12.0. The van der Waals surface area contributed by atoms with Crippen LogP contribution in [-0.2, 0) is 16.1 Å². The predicted molar refractivity (Wildman–Crippen MR) is 117 cm³/mol. The number of methoxy groups -OCH3 is 1. The van der Waals surface area contributed by atoms with E-state index in [4.69, 9.17) is 9.47 Å². The smallest absolute Gasteiger partial charge is 0.260 e. The number of rotatable bonds is 11. The number of ether oxygens (including phenoxy) is 2. The van der Waals surface area contributed by atoms with E-state index in [1.54, 1.807) is 24.9 Å². The number of benzene rings is 1. The van der Waals surface area contributed by atoms with Crippen molar-refractivity contribution in [2.75, 3.05) is 38.4 Å². The van der Waals surface area contributed by atoms with Crippen LogP contribution in [-0.4, -0.2) is 64.8 Å². The number of hydrogen-bond donors (Lipinski definition) is 2. The van der Waals surface area contributed by atoms with Gasteiger partial charge >= 0.3 is 0 Å². The zero-order valence-electron chi connectivity index (χ0n) is 17.3. The molecule has 10 heteroatoms. The molecule has 2 aromatic heterocycles. The number of nitrogens with zero attached hydrogens (tertiary/aromatic N) is 4. The van der Waals surface area contributed by atoms with Crippen LogP contribution in [0.2, 0.25) is 0 Å². The number of anilines is 1. The molecule has 3 rings (SSSR count). The second kappa shape index (κ2) is 10.8. The Morgan fingerprint density at radius 1 is 1.23 bits per heavy atom. The maximum Gasteiger partial charge on any atom is 0.260 e. The third kappa shape index (κ3) is 5.61. The number of carbonyl (C=O) groups excluding carboxylic acids is 1. The summed E-state index contributed by atoms with van der Waals surface area (Å²) in [6.45, 7) is 3.82. The molecule has 0 aliphatic rings. The largest absolute Gasteiger partial charge is 0.481 e. The van der Waals surface area contributed by atoms with Gasteiger partial charge in [0.05, 0.1) is 24.7 Å². The quantitative estimate of drug-likeness (QED) is 0.271. The summed E-state index contributed by atoms with van der Waals surface area (Å²) in [6, 6.07) is 9.27. The van der Waals surface area contributed by atoms with Crippen molar-refractivity contribution in [2.45, 2.75) is 24.7 Å². The molecule has 1 unspecified atom stereocenters. The summed E-state index contributed by atoms with van der Waals surface area (Å²) in [4.78, 5) is 21.4. The molecule has 0 aliphatic heterocycles. The van der Waals surface area contributed by atoms with Gasteiger partial charge in [-0.25, -0.2) is 14.6 Å². The highest BCUT2D eigenvalue weighted by atomic mass is 32.2. The normalized spacial score (nSPS) is 12.0. The van der Waals surface area contributed by atoms with Crippen LogP contribution >= 0.6 is 11.8 Å². The average Bonchev–Trinajstić information content (AvgIpc) is 3.17. The zero-order valence-corrected chi connectivity index (χ0v) is 18.1. The molecule has 0 bridgehead atoms. The summed E-state index contributed by atoms with van der Waals surface area (Å²) < 4.78 is 12.5. The summed E-state index contributed by atoms with van der Waals surface area (Å²) in [5.74, 6) is 1.20. The van der Waals surface area contributed by atoms with E-state index < -0.39 is 6.10 Å². The van der Waals surface area contributed by atoms with Gasteiger partial charge in [-0.05, 0) is 25.3 Å². The fourth-order valence-corrected chi connectivity index (χ4v) is 3.14. The number of aromatic nitrogens is 4. The van der Waals surface area contributed by atoms with Crippen molar-refractivity contribution < 1.29 is 14.3 Å². The standard InChI is InChI=1S/C20H26N6O3S/c1-14(29-15-7-5-4-6-8-15)19(27)22-9-11-26-18-16(13-23-26)17(21-10-12-28-2)24-20(25-18)30-3/h4-8,13-14H,9-12H2,1-3H3,(H,22,27)(H,21,24,25). The monoisotopic (exact) mass is 430 g/mol. The highest BCUT2D eigenvalue weighted by Gasteiger charge is 2.16. The summed E-state index contributed by atoms with van der Waals surface area (Å²) in [6.07, 6.45) is 3.07. The Labute approximate surface area is 179 Å². The minimum absolute atomic E-state index is 0.184. The Bertz CT molecular complexity index is 966. The second-order valence-corrected chi connectivity index (χ2v) is 7.22. The van der Waals surface area contributed by atoms with E-state index in [1.807, 2.05) is 36.6 Å². The first kappa shape index (κ1) is 21.8. The van der Waals surface area contributed by atoms with Gasteiger partial charge in [0, 0.05) is 20.2 Å². The first-order valence-electron chi connectivity index (χ1n) is 9.62. The van der Waals surface area contributed by atoms with Gasteiger partial charge in [-0.2, -0.15) is 5.10 Å². The van der Waals surface area contributed by atoms with E-state index in [1.165, 1.54) is 11.8 Å². The molecule has 1 amide bonds. The number of nitrogens with one attached hydrogen (secondary N) is 2. The van der Waals surface area contributed by atoms with Crippen LogP contribution in [0.1, 0.15) is 6.92 Å². The number of para-hydroxylation sites is 1. The van der Waals surface area contributed by atoms with Crippen LogP contribution in [0.15, 0.2) is 41.7 Å². The lowest BCUT2D eigenvalue weighted by atomic mass is 10.3. The molecule has 9 nitrogen and oxygen atoms in total. The number of carbonyl (C=O) groups is 1. The molecule has 3 aromatic rings. The fourth-order valence-electron chi connectivity index (χ4n) is 2.78. The molecular formula is C20H26N6O3S. The molecule has 1 atom stereocenters. The van der Waals surface area contributed by atoms with Gasteiger partial charge in [-0.3, -0.25) is 4.79 Å². The second-order valence-electron chi connectivity index (χ2n) is 6.45. The molecule has 2 heterocycles. The molecule has 30 heavy (non-hydrogen) atoms. The van der Waals surface area contributed by atoms with Crippen molar-refractivity contribution in [1.29, 1.82) is 0 Å². The topological polar surface area (TPSA) is 103 Å². The van der Waals surface area contributed by atoms with Crippen LogP contribution in [0.4, 0.5) is 5.82 Å². The van der Waals surface area contributed by atoms with Crippen LogP contribution in [0.5, 0.6) is 5.75 Å². The van der Waals surface area contributed by atoms with E-state index >= 15 is 0 Å². The van der Waals surface area contributed by atoms with Gasteiger partial charge in [0.2, 0.25) is 0 Å². The third-order valence-corrected chi connectivity index (χ3v) is 4.85. The van der Waals surface area contributed by atoms with Crippen molar-refractivity contribution in [1.82, 2.24) is 25.1 Å². The van der Waals surface area contributed by atoms with E-state index in [0.29, 0.717) is 37.1 Å². The highest BCUT2D eigenvalue weighted by Crippen LogP contribution is 2.23. The Morgan fingerprint density at radius 3 is 2.77 bits per heavy atom. The average molecular weight is 431 g/mol. The highest BCUT2D eigenvalue weighted by molar-refractivity contribution is 7.98. The zero-order chi connectivity index (χ0) is 21.3. The van der Waals surface area contributed by atoms with E-state index in [9.17, 15) is 4.79 Å². The van der Waals surface area contributed by atoms with Crippen molar-refractivity contribution in [3.8, 4) is 5.75 Å². The predicted octanol–water partition coefficient (Wildman–Crippen LogP) is 2.19. The summed E-state index contributed by atoms with van der Waals surface area (Å²) in [7, 11) is 1.66. The van der Waals surface area contributed by atoms with E-state index in [-0.39, 0.29) is 5.91 Å². The molecule has 0 radical (unpaired) electrons. The molecule has 1 aromatic carbocycles. The minimum Gasteiger partial charge on any atom is -0.481 e. The van der Waals surface area contributed by atoms with E-state index in [2.05, 4.69) is 25.7 Å². The van der Waals surface area contributed by atoms with Crippen LogP contribution in [0.25, 0.3) is 11.0 Å². The molecule has 0 saturated heterocycles. The number of hydrogen-bond acceptors (Lipinski definition) is 8. The van der Waals surface area contributed by atoms with Gasteiger partial charge < -0.3 is 20.1 Å². The van der Waals surface area contributed by atoms with Crippen molar-refractivity contribution in [3.63, 3.8) is 0 Å². The Morgan fingerprint density at radius 2 is 2.03 bits per heavy atom. The number of amides is 1. The summed E-state index contributed by atoms with van der Waals surface area (Å²) in [5.41, 5.74) is 0.720. The molecule has 0 aliphatic carbocycles. The van der Waals surface area contributed by atoms with Crippen LogP contribution in [0, 0.1) is 0 Å². The Balaban J connectivity index is 1.61. The number of thioether (sulfide) groups is 1. The Hall–Kier alpha value is -2.85. The lowest BCUT2D eigenvalue weighted by Crippen LogP contribution is -2.38. The van der Waals surface area contributed by atoms with Gasteiger partial charge in [0.1, 0.15) is 11.6 Å². The summed E-state index contributed by atoms with van der Waals surface area (Å²) >= 11 is 1.46. The lowest BCUT2D eigenvalue weighted by Gasteiger charge is -2.14. The third-order valence-electron chi connectivity index (χ3n) is 4.31. The van der Waals surface area contributed by atoms with Gasteiger partial charge in [0.15, 0.2) is 16.9 Å². The first-order chi connectivity index (χ1) is 14.6. The number of fused-ring (bicyclic) bond motifs is 1. The van der Waals surface area contributed by atoms with Crippen molar-refractivity contribution in [3.05, 3.63) is 36.5 Å². The molecule has 2 N–H and O–H groups in total. The maximum atomic E-state index is 12.3. The fraction of sp³-hybridized carbons (Fsp3) is 0.400. The van der Waals surface area contributed by atoms with Crippen molar-refractivity contribution >= 4 is 34.5 Å². The minimum atomic E-state index is -0.594. The van der Waals surface area contributed by atoms with Crippen molar-refractivity contribution in [2.24, 2.45) is 0 Å². The maximum absolute atomic E-state index is 12.3. The molecule has 0 fully saturated rings. The molecule has 0 saturated carbocycles. The molecule has 160 valence electrons. The van der Waals surface area contributed by atoms with E-state index in [0.717, 1.165) is 16.9 Å². The van der Waals surface area contributed by atoms with Crippen LogP contribution < -0.4 is 15.4 Å². The van der Waals surface area contributed by atoms with Gasteiger partial charge in [0.25, 0.3) is 5.91 Å².